The minimum Gasteiger partial charge on any atom is -0.166 e. The molecule has 0 fully saturated rings. The summed E-state index contributed by atoms with van der Waals surface area (Å²) >= 11 is 0. The molecule has 0 aromatic rings. The van der Waals surface area contributed by atoms with Crippen LogP contribution in [-0.4, -0.2) is 6.18 Å². The molecule has 0 aromatic carbocycles. The van der Waals surface area contributed by atoms with Crippen molar-refractivity contribution >= 4 is 0 Å². The van der Waals surface area contributed by atoms with Crippen molar-refractivity contribution in [2.45, 2.75) is 19.5 Å². The summed E-state index contributed by atoms with van der Waals surface area (Å²) < 4.78 is 36.1. The summed E-state index contributed by atoms with van der Waals surface area (Å²) in [6.45, 7) is 1.44. The molecule has 0 nitrogen and oxygen atoms in total. The Morgan fingerprint density at radius 2 is 2.09 bits per heavy atom. The summed E-state index contributed by atoms with van der Waals surface area (Å²) in [6, 6.07) is 0. The van der Waals surface area contributed by atoms with E-state index in [1.54, 1.807) is 0 Å². The lowest BCUT2D eigenvalue weighted by Crippen LogP contribution is -2.14. The number of allylic oxidation sites excluding steroid dienone is 4. The molecule has 0 atom stereocenters. The number of rotatable bonds is 0. The maximum absolute atomic E-state index is 12.0. The predicted molar refractivity (Wildman–Crippen MR) is 34.4 cm³/mol. The Kier molecular flexibility index (Phi) is 2.07. The third-order valence-electron chi connectivity index (χ3n) is 1.40. The van der Waals surface area contributed by atoms with Crippen LogP contribution in [0.15, 0.2) is 17.2 Å². The van der Waals surface area contributed by atoms with E-state index in [1.165, 1.54) is 13.0 Å². The van der Waals surface area contributed by atoms with Crippen molar-refractivity contribution in [3.63, 3.8) is 0 Å². The molecule has 0 saturated heterocycles. The van der Waals surface area contributed by atoms with Crippen molar-refractivity contribution in [2.75, 3.05) is 0 Å². The number of halogens is 3. The highest BCUT2D eigenvalue weighted by molar-refractivity contribution is 5.31. The van der Waals surface area contributed by atoms with Crippen molar-refractivity contribution in [2.24, 2.45) is 0 Å². The lowest BCUT2D eigenvalue weighted by atomic mass is 9.99. The Bertz CT molecular complexity index is 208. The zero-order valence-corrected chi connectivity index (χ0v) is 5.92. The molecule has 0 N–H and O–H groups in total. The summed E-state index contributed by atoms with van der Waals surface area (Å²) in [6.07, 6.45) is 1.95. The van der Waals surface area contributed by atoms with Gasteiger partial charge in [-0.15, -0.1) is 0 Å². The molecule has 0 aromatic heterocycles. The molecule has 3 radical (unpaired) electrons. The summed E-state index contributed by atoms with van der Waals surface area (Å²) in [4.78, 5) is 0. The highest BCUT2D eigenvalue weighted by Gasteiger charge is 2.34. The van der Waals surface area contributed by atoms with E-state index in [0.29, 0.717) is 0 Å². The topological polar surface area (TPSA) is 0 Å². The highest BCUT2D eigenvalue weighted by atomic mass is 19.4. The van der Waals surface area contributed by atoms with E-state index in [1.807, 2.05) is 0 Å². The minimum absolute atomic E-state index is 0.252. The summed E-state index contributed by atoms with van der Waals surface area (Å²) in [7, 11) is 0. The van der Waals surface area contributed by atoms with Crippen LogP contribution in [0.25, 0.3) is 0 Å². The molecule has 11 heavy (non-hydrogen) atoms. The van der Waals surface area contributed by atoms with E-state index in [2.05, 4.69) is 12.5 Å². The first kappa shape index (κ1) is 8.37. The summed E-state index contributed by atoms with van der Waals surface area (Å²) in [5.74, 6) is 0. The number of hydrogen-bond donors (Lipinski definition) is 0. The number of alkyl halides is 3. The van der Waals surface area contributed by atoms with E-state index < -0.39 is 11.7 Å². The molecule has 1 aliphatic rings. The maximum atomic E-state index is 12.0. The lowest BCUT2D eigenvalue weighted by Gasteiger charge is -2.13. The van der Waals surface area contributed by atoms with Crippen molar-refractivity contribution in [3.05, 3.63) is 29.7 Å². The smallest absolute Gasteiger partial charge is 0.166 e. The van der Waals surface area contributed by atoms with Gasteiger partial charge in [0.2, 0.25) is 0 Å². The van der Waals surface area contributed by atoms with Crippen LogP contribution in [0.3, 0.4) is 0 Å². The SMILES string of the molecule is CC1=C(C(F)(F)F)[C]=C[C]C1. The fourth-order valence-electron chi connectivity index (χ4n) is 0.863. The normalized spacial score (nSPS) is 19.3. The van der Waals surface area contributed by atoms with E-state index in [9.17, 15) is 13.2 Å². The van der Waals surface area contributed by atoms with Gasteiger partial charge in [-0.1, -0.05) is 11.6 Å². The average molecular weight is 159 g/mol. The minimum atomic E-state index is -4.26. The molecule has 0 saturated carbocycles. The van der Waals surface area contributed by atoms with Crippen LogP contribution in [-0.2, 0) is 0 Å². The Morgan fingerprint density at radius 1 is 1.45 bits per heavy atom. The molecule has 0 aliphatic heterocycles. The van der Waals surface area contributed by atoms with E-state index in [4.69, 9.17) is 0 Å². The predicted octanol–water partition coefficient (Wildman–Crippen LogP) is 2.71. The molecule has 0 amide bonds. The maximum Gasteiger partial charge on any atom is 0.416 e. The van der Waals surface area contributed by atoms with E-state index >= 15 is 0 Å². The highest BCUT2D eigenvalue weighted by Crippen LogP contribution is 2.32. The molecule has 1 rings (SSSR count). The average Bonchev–Trinajstić information content (AvgIpc) is 1.86. The fraction of sp³-hybridized carbons (Fsp3) is 0.375. The van der Waals surface area contributed by atoms with Crippen LogP contribution in [0.2, 0.25) is 0 Å². The third kappa shape index (κ3) is 1.85. The summed E-state index contributed by atoms with van der Waals surface area (Å²) in [5, 5.41) is 0. The van der Waals surface area contributed by atoms with Crippen molar-refractivity contribution in [1.29, 1.82) is 0 Å². The van der Waals surface area contributed by atoms with Crippen LogP contribution in [0.1, 0.15) is 13.3 Å². The van der Waals surface area contributed by atoms with Crippen LogP contribution < -0.4 is 0 Å². The van der Waals surface area contributed by atoms with Crippen LogP contribution in [0.4, 0.5) is 13.2 Å². The molecule has 0 unspecified atom stereocenters. The van der Waals surface area contributed by atoms with Gasteiger partial charge in [0.1, 0.15) is 0 Å². The van der Waals surface area contributed by atoms with E-state index in [-0.39, 0.29) is 12.0 Å². The zero-order chi connectivity index (χ0) is 8.48. The third-order valence-corrected chi connectivity index (χ3v) is 1.40. The second-order valence-electron chi connectivity index (χ2n) is 2.32. The van der Waals surface area contributed by atoms with Crippen LogP contribution >= 0.6 is 0 Å². The second kappa shape index (κ2) is 2.72. The molecule has 0 heterocycles. The van der Waals surface area contributed by atoms with Gasteiger partial charge < -0.3 is 0 Å². The standard InChI is InChI=1S/C8H6F3/c1-6-4-2-3-5-7(6)8(9,10)11/h3H,4H2,1H3. The molecule has 1 aliphatic carbocycles. The number of hydrogen-bond acceptors (Lipinski definition) is 0. The Hall–Kier alpha value is -0.730. The van der Waals surface area contributed by atoms with Gasteiger partial charge in [0.15, 0.2) is 0 Å². The first-order chi connectivity index (χ1) is 5.02. The molecule has 0 spiro atoms. The van der Waals surface area contributed by atoms with Crippen molar-refractivity contribution < 1.29 is 13.2 Å². The van der Waals surface area contributed by atoms with Gasteiger partial charge in [-0.2, -0.15) is 13.2 Å². The van der Waals surface area contributed by atoms with Gasteiger partial charge in [-0.3, -0.25) is 0 Å². The van der Waals surface area contributed by atoms with Gasteiger partial charge >= 0.3 is 6.18 Å². The van der Waals surface area contributed by atoms with E-state index in [0.717, 1.165) is 0 Å². The first-order valence-corrected chi connectivity index (χ1v) is 3.10. The second-order valence-corrected chi connectivity index (χ2v) is 2.32. The zero-order valence-electron chi connectivity index (χ0n) is 5.92. The Balaban J connectivity index is 2.93. The molecule has 59 valence electrons. The first-order valence-electron chi connectivity index (χ1n) is 3.10. The van der Waals surface area contributed by atoms with Gasteiger partial charge in [0.25, 0.3) is 0 Å². The van der Waals surface area contributed by atoms with Gasteiger partial charge in [-0.25, -0.2) is 0 Å². The van der Waals surface area contributed by atoms with Crippen molar-refractivity contribution in [3.8, 4) is 0 Å². The lowest BCUT2D eigenvalue weighted by molar-refractivity contribution is -0.0900. The Labute approximate surface area is 63.4 Å². The molecular weight excluding hydrogens is 153 g/mol. The fourth-order valence-corrected chi connectivity index (χ4v) is 0.863. The largest absolute Gasteiger partial charge is 0.416 e. The van der Waals surface area contributed by atoms with Crippen LogP contribution in [0, 0.1) is 12.5 Å². The molecule has 3 heteroatoms. The monoisotopic (exact) mass is 159 g/mol. The molecular formula is C8H6F3. The van der Waals surface area contributed by atoms with Gasteiger partial charge in [-0.05, 0) is 19.4 Å². The Morgan fingerprint density at radius 3 is 2.45 bits per heavy atom. The molecule has 0 bridgehead atoms. The van der Waals surface area contributed by atoms with Gasteiger partial charge in [0, 0.05) is 6.42 Å². The van der Waals surface area contributed by atoms with Crippen LogP contribution in [0.5, 0.6) is 0 Å². The summed E-state index contributed by atoms with van der Waals surface area (Å²) in [5.41, 5.74) is -0.378. The van der Waals surface area contributed by atoms with Gasteiger partial charge in [0.05, 0.1) is 5.57 Å². The van der Waals surface area contributed by atoms with Crippen molar-refractivity contribution in [1.82, 2.24) is 0 Å². The quantitative estimate of drug-likeness (QED) is 0.509.